The van der Waals surface area contributed by atoms with Crippen LogP contribution in [0.15, 0.2) is 42.5 Å². The van der Waals surface area contributed by atoms with Gasteiger partial charge in [0, 0.05) is 24.2 Å². The lowest BCUT2D eigenvalue weighted by Crippen LogP contribution is -2.38. The number of benzene rings is 2. The molecule has 1 unspecified atom stereocenters. The standard InChI is InChI=1S/C20H18ClFN2O3/c1-12(25)14-4-2-13(3-5-14)8-19(26)23-15-9-20(27)24(11-15)16-6-7-17(21)18(22)10-16/h2-7,10,15H,8-9,11H2,1H3,(H,23,26). The zero-order valence-corrected chi connectivity index (χ0v) is 15.4. The second-order valence-electron chi connectivity index (χ2n) is 6.50. The molecule has 1 N–H and O–H groups in total. The molecule has 0 bridgehead atoms. The Morgan fingerprint density at radius 3 is 2.56 bits per heavy atom. The molecule has 2 aromatic carbocycles. The van der Waals surface area contributed by atoms with Crippen LogP contribution in [0.3, 0.4) is 0 Å². The third kappa shape index (κ3) is 4.52. The molecule has 27 heavy (non-hydrogen) atoms. The molecular formula is C20H18ClFN2O3. The molecule has 7 heteroatoms. The van der Waals surface area contributed by atoms with E-state index in [0.717, 1.165) is 5.56 Å². The van der Waals surface area contributed by atoms with Crippen LogP contribution in [-0.4, -0.2) is 30.2 Å². The third-order valence-electron chi connectivity index (χ3n) is 4.43. The van der Waals surface area contributed by atoms with Crippen LogP contribution in [0.1, 0.15) is 29.3 Å². The molecule has 140 valence electrons. The molecule has 1 aliphatic rings. The molecule has 0 aliphatic carbocycles. The van der Waals surface area contributed by atoms with E-state index in [1.54, 1.807) is 30.3 Å². The van der Waals surface area contributed by atoms with Crippen molar-refractivity contribution in [2.45, 2.75) is 25.8 Å². The SMILES string of the molecule is CC(=O)c1ccc(CC(=O)NC2CC(=O)N(c3ccc(Cl)c(F)c3)C2)cc1. The molecule has 0 spiro atoms. The van der Waals surface area contributed by atoms with E-state index in [2.05, 4.69) is 5.32 Å². The summed E-state index contributed by atoms with van der Waals surface area (Å²) < 4.78 is 13.6. The number of hydrogen-bond acceptors (Lipinski definition) is 3. The minimum atomic E-state index is -0.594. The van der Waals surface area contributed by atoms with E-state index in [0.29, 0.717) is 11.3 Å². The number of amides is 2. The van der Waals surface area contributed by atoms with Gasteiger partial charge in [-0.05, 0) is 30.7 Å². The van der Waals surface area contributed by atoms with Gasteiger partial charge in [0.1, 0.15) is 5.82 Å². The van der Waals surface area contributed by atoms with Crippen LogP contribution in [-0.2, 0) is 16.0 Å². The van der Waals surface area contributed by atoms with Gasteiger partial charge >= 0.3 is 0 Å². The number of rotatable bonds is 5. The molecule has 1 atom stereocenters. The highest BCUT2D eigenvalue weighted by molar-refractivity contribution is 6.30. The highest BCUT2D eigenvalue weighted by Gasteiger charge is 2.31. The third-order valence-corrected chi connectivity index (χ3v) is 4.74. The number of nitrogens with one attached hydrogen (secondary N) is 1. The van der Waals surface area contributed by atoms with Gasteiger partial charge in [0.2, 0.25) is 11.8 Å². The molecule has 2 amide bonds. The molecule has 1 heterocycles. The molecule has 0 saturated carbocycles. The first kappa shape index (κ1) is 19.0. The highest BCUT2D eigenvalue weighted by atomic mass is 35.5. The van der Waals surface area contributed by atoms with Crippen LogP contribution >= 0.6 is 11.6 Å². The predicted octanol–water partition coefficient (Wildman–Crippen LogP) is 3.15. The monoisotopic (exact) mass is 388 g/mol. The van der Waals surface area contributed by atoms with Crippen LogP contribution in [0.25, 0.3) is 0 Å². The summed E-state index contributed by atoms with van der Waals surface area (Å²) in [5, 5.41) is 2.82. The van der Waals surface area contributed by atoms with Gasteiger partial charge < -0.3 is 10.2 Å². The number of Topliss-reactive ketones (excluding diaryl/α,β-unsaturated/α-hetero) is 1. The van der Waals surface area contributed by atoms with Crippen molar-refractivity contribution in [2.24, 2.45) is 0 Å². The first-order valence-electron chi connectivity index (χ1n) is 8.48. The summed E-state index contributed by atoms with van der Waals surface area (Å²) in [5.74, 6) is -1.03. The van der Waals surface area contributed by atoms with Gasteiger partial charge in [0.15, 0.2) is 5.78 Å². The summed E-state index contributed by atoms with van der Waals surface area (Å²) in [6.07, 6.45) is 0.303. The second-order valence-corrected chi connectivity index (χ2v) is 6.91. The Balaban J connectivity index is 1.59. The average molecular weight is 389 g/mol. The minimum absolute atomic E-state index is 0.00830. The number of carbonyl (C=O) groups is 3. The molecule has 0 radical (unpaired) electrons. The van der Waals surface area contributed by atoms with Gasteiger partial charge in [-0.15, -0.1) is 0 Å². The summed E-state index contributed by atoms with van der Waals surface area (Å²) in [6.45, 7) is 1.76. The van der Waals surface area contributed by atoms with Crippen molar-refractivity contribution in [3.63, 3.8) is 0 Å². The Morgan fingerprint density at radius 1 is 1.22 bits per heavy atom. The molecular weight excluding hydrogens is 371 g/mol. The zero-order valence-electron chi connectivity index (χ0n) is 14.7. The number of ketones is 1. The maximum atomic E-state index is 13.6. The fourth-order valence-electron chi connectivity index (χ4n) is 3.03. The first-order valence-corrected chi connectivity index (χ1v) is 8.86. The largest absolute Gasteiger partial charge is 0.351 e. The predicted molar refractivity (Wildman–Crippen MR) is 100 cm³/mol. The minimum Gasteiger partial charge on any atom is -0.351 e. The van der Waals surface area contributed by atoms with Crippen LogP contribution in [0.4, 0.5) is 10.1 Å². The van der Waals surface area contributed by atoms with E-state index < -0.39 is 5.82 Å². The normalized spacial score (nSPS) is 16.5. The zero-order chi connectivity index (χ0) is 19.6. The van der Waals surface area contributed by atoms with Crippen molar-refractivity contribution in [3.8, 4) is 0 Å². The molecule has 0 aromatic heterocycles. The van der Waals surface area contributed by atoms with Crippen LogP contribution in [0.5, 0.6) is 0 Å². The van der Waals surface area contributed by atoms with Gasteiger partial charge in [-0.1, -0.05) is 35.9 Å². The van der Waals surface area contributed by atoms with Gasteiger partial charge in [0.05, 0.1) is 17.5 Å². The van der Waals surface area contributed by atoms with E-state index in [-0.39, 0.29) is 48.0 Å². The van der Waals surface area contributed by atoms with Gasteiger partial charge in [-0.3, -0.25) is 14.4 Å². The second kappa shape index (κ2) is 7.88. The number of carbonyl (C=O) groups excluding carboxylic acids is 3. The van der Waals surface area contributed by atoms with E-state index in [4.69, 9.17) is 11.6 Å². The van der Waals surface area contributed by atoms with Crippen molar-refractivity contribution in [3.05, 3.63) is 64.4 Å². The number of anilines is 1. The van der Waals surface area contributed by atoms with Crippen LogP contribution in [0.2, 0.25) is 5.02 Å². The van der Waals surface area contributed by atoms with Crippen LogP contribution < -0.4 is 10.2 Å². The smallest absolute Gasteiger partial charge is 0.229 e. The highest BCUT2D eigenvalue weighted by Crippen LogP contribution is 2.25. The lowest BCUT2D eigenvalue weighted by atomic mass is 10.1. The van der Waals surface area contributed by atoms with Crippen molar-refractivity contribution < 1.29 is 18.8 Å². The average Bonchev–Trinajstić information content (AvgIpc) is 2.97. The van der Waals surface area contributed by atoms with Gasteiger partial charge in [-0.25, -0.2) is 4.39 Å². The molecule has 2 aromatic rings. The summed E-state index contributed by atoms with van der Waals surface area (Å²) in [4.78, 5) is 37.2. The molecule has 5 nitrogen and oxygen atoms in total. The Hall–Kier alpha value is -2.73. The molecule has 1 fully saturated rings. The Labute approximate surface area is 161 Å². The summed E-state index contributed by atoms with van der Waals surface area (Å²) in [5.41, 5.74) is 1.78. The van der Waals surface area contributed by atoms with Crippen molar-refractivity contribution in [1.29, 1.82) is 0 Å². The summed E-state index contributed by atoms with van der Waals surface area (Å²) >= 11 is 5.67. The van der Waals surface area contributed by atoms with Crippen LogP contribution in [0, 0.1) is 5.82 Å². The fourth-order valence-corrected chi connectivity index (χ4v) is 3.15. The van der Waals surface area contributed by atoms with Gasteiger partial charge in [0.25, 0.3) is 0 Å². The lowest BCUT2D eigenvalue weighted by molar-refractivity contribution is -0.121. The number of halogens is 2. The summed E-state index contributed by atoms with van der Waals surface area (Å²) in [6, 6.07) is 10.7. The number of nitrogens with zero attached hydrogens (tertiary/aromatic N) is 1. The maximum Gasteiger partial charge on any atom is 0.229 e. The van der Waals surface area contributed by atoms with Gasteiger partial charge in [-0.2, -0.15) is 0 Å². The lowest BCUT2D eigenvalue weighted by Gasteiger charge is -2.17. The Bertz CT molecular complexity index is 899. The number of hydrogen-bond donors (Lipinski definition) is 1. The Morgan fingerprint density at radius 2 is 1.93 bits per heavy atom. The Kier molecular flexibility index (Phi) is 5.56. The molecule has 1 aliphatic heterocycles. The summed E-state index contributed by atoms with van der Waals surface area (Å²) in [7, 11) is 0. The molecule has 1 saturated heterocycles. The van der Waals surface area contributed by atoms with Crippen molar-refractivity contribution in [2.75, 3.05) is 11.4 Å². The quantitative estimate of drug-likeness (QED) is 0.800. The molecule has 3 rings (SSSR count). The van der Waals surface area contributed by atoms with E-state index in [1.165, 1.54) is 24.0 Å². The van der Waals surface area contributed by atoms with E-state index >= 15 is 0 Å². The first-order chi connectivity index (χ1) is 12.8. The fraction of sp³-hybridized carbons (Fsp3) is 0.250. The van der Waals surface area contributed by atoms with E-state index in [9.17, 15) is 18.8 Å². The maximum absolute atomic E-state index is 13.6. The van der Waals surface area contributed by atoms with Crippen molar-refractivity contribution >= 4 is 34.9 Å². The van der Waals surface area contributed by atoms with E-state index in [1.807, 2.05) is 0 Å². The topological polar surface area (TPSA) is 66.5 Å². The van der Waals surface area contributed by atoms with Crippen molar-refractivity contribution in [1.82, 2.24) is 5.32 Å².